The summed E-state index contributed by atoms with van der Waals surface area (Å²) in [5.41, 5.74) is 0.499. The highest BCUT2D eigenvalue weighted by Gasteiger charge is 2.31. The second-order valence-corrected chi connectivity index (χ2v) is 7.40. The molecule has 1 atom stereocenters. The summed E-state index contributed by atoms with van der Waals surface area (Å²) in [7, 11) is 0. The second kappa shape index (κ2) is 7.78. The van der Waals surface area contributed by atoms with Gasteiger partial charge in [-0.05, 0) is 51.8 Å². The fraction of sp³-hybridized carbons (Fsp3) is 0.550. The van der Waals surface area contributed by atoms with Gasteiger partial charge < -0.3 is 4.90 Å². The van der Waals surface area contributed by atoms with E-state index in [2.05, 4.69) is 0 Å². The van der Waals surface area contributed by atoms with E-state index in [0.717, 1.165) is 25.7 Å². The van der Waals surface area contributed by atoms with Crippen molar-refractivity contribution in [3.05, 3.63) is 39.4 Å². The van der Waals surface area contributed by atoms with Crippen molar-refractivity contribution in [2.45, 2.75) is 59.0 Å². The van der Waals surface area contributed by atoms with Crippen LogP contribution >= 0.6 is 11.6 Å². The van der Waals surface area contributed by atoms with Gasteiger partial charge in [0, 0.05) is 24.0 Å². The topological polar surface area (TPSA) is 55.2 Å². The van der Waals surface area contributed by atoms with Crippen LogP contribution in [-0.4, -0.2) is 26.9 Å². The van der Waals surface area contributed by atoms with Crippen molar-refractivity contribution in [3.63, 3.8) is 0 Å². The zero-order valence-electron chi connectivity index (χ0n) is 15.7. The monoisotopic (exact) mass is 375 g/mol. The third-order valence-corrected chi connectivity index (χ3v) is 5.67. The number of rotatable bonds is 5. The Hall–Kier alpha value is -1.88. The zero-order valence-corrected chi connectivity index (χ0v) is 16.4. The minimum absolute atomic E-state index is 0.0830. The average Bonchev–Trinajstić information content (AvgIpc) is 3.16. The van der Waals surface area contributed by atoms with Gasteiger partial charge in [-0.2, -0.15) is 0 Å². The van der Waals surface area contributed by atoms with Crippen molar-refractivity contribution in [1.82, 2.24) is 14.5 Å². The predicted octanol–water partition coefficient (Wildman–Crippen LogP) is 4.17. The molecular weight excluding hydrogens is 350 g/mol. The molecule has 0 radical (unpaired) electrons. The van der Waals surface area contributed by atoms with Crippen molar-refractivity contribution in [1.29, 1.82) is 0 Å². The van der Waals surface area contributed by atoms with Crippen LogP contribution in [0.15, 0.2) is 23.0 Å². The summed E-state index contributed by atoms with van der Waals surface area (Å²) in [6, 6.07) is 4.88. The van der Waals surface area contributed by atoms with E-state index in [0.29, 0.717) is 34.8 Å². The zero-order chi connectivity index (χ0) is 18.8. The van der Waals surface area contributed by atoms with Gasteiger partial charge in [-0.25, -0.2) is 4.98 Å². The molecule has 0 spiro atoms. The minimum atomic E-state index is -0.260. The molecule has 1 aromatic carbocycles. The quantitative estimate of drug-likeness (QED) is 0.788. The lowest BCUT2D eigenvalue weighted by molar-refractivity contribution is -0.137. The molecule has 3 rings (SSSR count). The molecule has 5 nitrogen and oxygen atoms in total. The lowest BCUT2D eigenvalue weighted by Crippen LogP contribution is -2.40. The SMILES string of the molecule is CCN(C(=O)C1CCCC1)C(C)c1nc2cc(Cl)ccc2c(=O)n1CC. The number of benzene rings is 1. The van der Waals surface area contributed by atoms with Crippen LogP contribution in [0, 0.1) is 5.92 Å². The number of amides is 1. The Kier molecular flexibility index (Phi) is 5.66. The molecule has 1 aliphatic rings. The van der Waals surface area contributed by atoms with Crippen LogP contribution in [-0.2, 0) is 11.3 Å². The highest BCUT2D eigenvalue weighted by atomic mass is 35.5. The number of carbonyl (C=O) groups is 1. The molecule has 6 heteroatoms. The van der Waals surface area contributed by atoms with Crippen LogP contribution in [0.1, 0.15) is 58.3 Å². The first kappa shape index (κ1) is 18.9. The molecule has 1 amide bonds. The first-order valence-corrected chi connectivity index (χ1v) is 9.86. The Labute approximate surface area is 159 Å². The normalized spacial score (nSPS) is 16.2. The third kappa shape index (κ3) is 3.37. The molecule has 0 aliphatic heterocycles. The number of halogens is 1. The van der Waals surface area contributed by atoms with Crippen molar-refractivity contribution in [3.8, 4) is 0 Å². The maximum absolute atomic E-state index is 13.0. The van der Waals surface area contributed by atoms with Crippen LogP contribution < -0.4 is 5.56 Å². The maximum atomic E-state index is 13.0. The van der Waals surface area contributed by atoms with Gasteiger partial charge in [-0.3, -0.25) is 14.2 Å². The van der Waals surface area contributed by atoms with Gasteiger partial charge in [-0.15, -0.1) is 0 Å². The molecule has 1 fully saturated rings. The molecular formula is C20H26ClN3O2. The van der Waals surface area contributed by atoms with Gasteiger partial charge >= 0.3 is 0 Å². The number of fused-ring (bicyclic) bond motifs is 1. The summed E-state index contributed by atoms with van der Waals surface area (Å²) in [6.07, 6.45) is 4.16. The standard InChI is InChI=1S/C20H26ClN3O2/c1-4-23(19(25)14-8-6-7-9-14)13(3)18-22-17-12-15(21)10-11-16(17)20(26)24(18)5-2/h10-14H,4-9H2,1-3H3. The van der Waals surface area contributed by atoms with Gasteiger partial charge in [0.25, 0.3) is 5.56 Å². The molecule has 2 aromatic rings. The highest BCUT2D eigenvalue weighted by molar-refractivity contribution is 6.31. The maximum Gasteiger partial charge on any atom is 0.261 e. The number of aromatic nitrogens is 2. The summed E-state index contributed by atoms with van der Waals surface area (Å²) >= 11 is 6.09. The van der Waals surface area contributed by atoms with E-state index in [-0.39, 0.29) is 23.4 Å². The van der Waals surface area contributed by atoms with Crippen molar-refractivity contribution < 1.29 is 4.79 Å². The van der Waals surface area contributed by atoms with Gasteiger partial charge in [-0.1, -0.05) is 24.4 Å². The largest absolute Gasteiger partial charge is 0.333 e. The fourth-order valence-electron chi connectivity index (χ4n) is 4.00. The van der Waals surface area contributed by atoms with Crippen molar-refractivity contribution >= 4 is 28.4 Å². The molecule has 140 valence electrons. The van der Waals surface area contributed by atoms with Crippen LogP contribution in [0.3, 0.4) is 0 Å². The summed E-state index contributed by atoms with van der Waals surface area (Å²) in [6.45, 7) is 6.98. The van der Waals surface area contributed by atoms with E-state index in [4.69, 9.17) is 16.6 Å². The van der Waals surface area contributed by atoms with E-state index >= 15 is 0 Å². The lowest BCUT2D eigenvalue weighted by atomic mass is 10.1. The van der Waals surface area contributed by atoms with Crippen LogP contribution in [0.25, 0.3) is 10.9 Å². The predicted molar refractivity (Wildman–Crippen MR) is 104 cm³/mol. The number of carbonyl (C=O) groups excluding carboxylic acids is 1. The van der Waals surface area contributed by atoms with E-state index in [1.54, 1.807) is 22.8 Å². The number of hydrogen-bond donors (Lipinski definition) is 0. The Morgan fingerprint density at radius 3 is 2.65 bits per heavy atom. The molecule has 1 heterocycles. The molecule has 26 heavy (non-hydrogen) atoms. The van der Waals surface area contributed by atoms with E-state index in [1.165, 1.54) is 0 Å². The Bertz CT molecular complexity index is 871. The summed E-state index contributed by atoms with van der Waals surface area (Å²) in [5.74, 6) is 0.912. The summed E-state index contributed by atoms with van der Waals surface area (Å²) in [5, 5.41) is 1.10. The number of nitrogens with zero attached hydrogens (tertiary/aromatic N) is 3. The smallest absolute Gasteiger partial charge is 0.261 e. The summed E-state index contributed by atoms with van der Waals surface area (Å²) < 4.78 is 1.67. The molecule has 0 N–H and O–H groups in total. The molecule has 1 unspecified atom stereocenters. The Balaban J connectivity index is 2.06. The van der Waals surface area contributed by atoms with Gasteiger partial charge in [0.15, 0.2) is 0 Å². The fourth-order valence-corrected chi connectivity index (χ4v) is 4.17. The first-order valence-electron chi connectivity index (χ1n) is 9.48. The first-order chi connectivity index (χ1) is 12.5. The molecule has 1 saturated carbocycles. The third-order valence-electron chi connectivity index (χ3n) is 5.43. The van der Waals surface area contributed by atoms with Crippen LogP contribution in [0.4, 0.5) is 0 Å². The Morgan fingerprint density at radius 1 is 1.35 bits per heavy atom. The van der Waals surface area contributed by atoms with Crippen LogP contribution in [0.5, 0.6) is 0 Å². The summed E-state index contributed by atoms with van der Waals surface area (Å²) in [4.78, 5) is 32.5. The number of hydrogen-bond acceptors (Lipinski definition) is 3. The molecule has 1 aromatic heterocycles. The van der Waals surface area contributed by atoms with E-state index in [9.17, 15) is 9.59 Å². The van der Waals surface area contributed by atoms with Crippen LogP contribution in [0.2, 0.25) is 5.02 Å². The highest BCUT2D eigenvalue weighted by Crippen LogP contribution is 2.30. The Morgan fingerprint density at radius 2 is 2.04 bits per heavy atom. The van der Waals surface area contributed by atoms with E-state index < -0.39 is 0 Å². The van der Waals surface area contributed by atoms with Gasteiger partial charge in [0.2, 0.25) is 5.91 Å². The van der Waals surface area contributed by atoms with E-state index in [1.807, 2.05) is 25.7 Å². The van der Waals surface area contributed by atoms with Crippen molar-refractivity contribution in [2.75, 3.05) is 6.54 Å². The van der Waals surface area contributed by atoms with Gasteiger partial charge in [0.05, 0.1) is 16.9 Å². The van der Waals surface area contributed by atoms with Gasteiger partial charge in [0.1, 0.15) is 5.82 Å². The van der Waals surface area contributed by atoms with Crippen molar-refractivity contribution in [2.24, 2.45) is 5.92 Å². The minimum Gasteiger partial charge on any atom is -0.333 e. The lowest BCUT2D eigenvalue weighted by Gasteiger charge is -2.31. The second-order valence-electron chi connectivity index (χ2n) is 6.96. The molecule has 1 aliphatic carbocycles. The molecule has 0 saturated heterocycles. The average molecular weight is 376 g/mol. The molecule has 0 bridgehead atoms.